The predicted octanol–water partition coefficient (Wildman–Crippen LogP) is 12.5. The third-order valence-electron chi connectivity index (χ3n) is 9.87. The smallest absolute Gasteiger partial charge is 0.0787 e. The van der Waals surface area contributed by atoms with E-state index in [-0.39, 0.29) is 0 Å². The molecule has 1 heteroatoms. The molecule has 0 spiro atoms. The van der Waals surface area contributed by atoms with Gasteiger partial charge in [0.05, 0.1) is 11.2 Å². The SMILES string of the molecule is Cc1c(-c2ccc3c4ccccc4c4ccccc4c3c2)cccc1-c1cccc(-c2ccc3ccc4ccccc4c3n2)c1C. The summed E-state index contributed by atoms with van der Waals surface area (Å²) in [6.07, 6.45) is 0. The number of fused-ring (bicyclic) bond motifs is 9. The summed E-state index contributed by atoms with van der Waals surface area (Å²) in [5.41, 5.74) is 10.7. The van der Waals surface area contributed by atoms with Crippen LogP contribution in [0.25, 0.3) is 87.5 Å². The zero-order valence-corrected chi connectivity index (χ0v) is 25.9. The Bertz CT molecular complexity index is 2630. The van der Waals surface area contributed by atoms with Crippen LogP contribution in [0.4, 0.5) is 0 Å². The molecule has 0 saturated carbocycles. The predicted molar refractivity (Wildman–Crippen MR) is 198 cm³/mol. The summed E-state index contributed by atoms with van der Waals surface area (Å²) in [6.45, 7) is 4.50. The topological polar surface area (TPSA) is 12.9 Å². The Morgan fingerprint density at radius 1 is 0.348 bits per heavy atom. The minimum Gasteiger partial charge on any atom is -0.247 e. The fourth-order valence-electron chi connectivity index (χ4n) is 7.53. The monoisotopic (exact) mass is 585 g/mol. The van der Waals surface area contributed by atoms with E-state index in [0.717, 1.165) is 16.6 Å². The lowest BCUT2D eigenvalue weighted by Gasteiger charge is -2.17. The molecule has 0 radical (unpaired) electrons. The Morgan fingerprint density at radius 2 is 0.848 bits per heavy atom. The molecule has 8 aromatic carbocycles. The van der Waals surface area contributed by atoms with Crippen molar-refractivity contribution in [1.29, 1.82) is 0 Å². The van der Waals surface area contributed by atoms with E-state index in [4.69, 9.17) is 4.98 Å². The number of aromatic nitrogens is 1. The van der Waals surface area contributed by atoms with E-state index in [0.29, 0.717) is 0 Å². The molecule has 0 aliphatic carbocycles. The van der Waals surface area contributed by atoms with Gasteiger partial charge < -0.3 is 0 Å². The first kappa shape index (κ1) is 26.6. The van der Waals surface area contributed by atoms with Crippen molar-refractivity contribution in [2.45, 2.75) is 13.8 Å². The lowest BCUT2D eigenvalue weighted by molar-refractivity contribution is 1.36. The average Bonchev–Trinajstić information content (AvgIpc) is 3.12. The maximum Gasteiger partial charge on any atom is 0.0787 e. The fourth-order valence-corrected chi connectivity index (χ4v) is 7.53. The second-order valence-corrected chi connectivity index (χ2v) is 12.4. The molecule has 0 N–H and O–H groups in total. The average molecular weight is 586 g/mol. The van der Waals surface area contributed by atoms with Crippen molar-refractivity contribution in [3.63, 3.8) is 0 Å². The molecular formula is C45H31N. The molecule has 0 amide bonds. The molecule has 1 nitrogen and oxygen atoms in total. The van der Waals surface area contributed by atoms with Gasteiger partial charge in [0, 0.05) is 16.3 Å². The molecule has 1 aromatic heterocycles. The van der Waals surface area contributed by atoms with E-state index in [9.17, 15) is 0 Å². The highest BCUT2D eigenvalue weighted by Gasteiger charge is 2.16. The largest absolute Gasteiger partial charge is 0.247 e. The lowest BCUT2D eigenvalue weighted by Crippen LogP contribution is -1.94. The van der Waals surface area contributed by atoms with Crippen LogP contribution in [0.15, 0.2) is 152 Å². The van der Waals surface area contributed by atoms with E-state index >= 15 is 0 Å². The molecule has 216 valence electrons. The van der Waals surface area contributed by atoms with Crippen LogP contribution < -0.4 is 0 Å². The van der Waals surface area contributed by atoms with Crippen molar-refractivity contribution < 1.29 is 0 Å². The molecule has 0 atom stereocenters. The van der Waals surface area contributed by atoms with Crippen LogP contribution in [0, 0.1) is 13.8 Å². The minimum absolute atomic E-state index is 1.01. The Labute approximate surface area is 268 Å². The summed E-state index contributed by atoms with van der Waals surface area (Å²) < 4.78 is 0. The Kier molecular flexibility index (Phi) is 6.01. The summed E-state index contributed by atoms with van der Waals surface area (Å²) >= 11 is 0. The molecule has 0 fully saturated rings. The maximum atomic E-state index is 5.23. The van der Waals surface area contributed by atoms with Gasteiger partial charge in [0.15, 0.2) is 0 Å². The third kappa shape index (κ3) is 4.06. The van der Waals surface area contributed by atoms with Crippen molar-refractivity contribution in [2.75, 3.05) is 0 Å². The van der Waals surface area contributed by atoms with E-state index in [1.165, 1.54) is 82.0 Å². The summed E-state index contributed by atoms with van der Waals surface area (Å²) in [5.74, 6) is 0. The fraction of sp³-hybridized carbons (Fsp3) is 0.0444. The highest BCUT2D eigenvalue weighted by atomic mass is 14.7. The van der Waals surface area contributed by atoms with E-state index in [1.807, 2.05) is 0 Å². The maximum absolute atomic E-state index is 5.23. The van der Waals surface area contributed by atoms with Crippen LogP contribution in [-0.4, -0.2) is 4.98 Å². The van der Waals surface area contributed by atoms with E-state index < -0.39 is 0 Å². The number of hydrogen-bond donors (Lipinski definition) is 0. The van der Waals surface area contributed by atoms with Crippen molar-refractivity contribution >= 4 is 54.0 Å². The molecule has 9 aromatic rings. The van der Waals surface area contributed by atoms with Crippen LogP contribution in [0.5, 0.6) is 0 Å². The van der Waals surface area contributed by atoms with Gasteiger partial charge in [-0.05, 0) is 97.1 Å². The van der Waals surface area contributed by atoms with Gasteiger partial charge in [0.2, 0.25) is 0 Å². The van der Waals surface area contributed by atoms with Crippen LogP contribution in [0.2, 0.25) is 0 Å². The molecule has 46 heavy (non-hydrogen) atoms. The van der Waals surface area contributed by atoms with Gasteiger partial charge in [-0.25, -0.2) is 4.98 Å². The van der Waals surface area contributed by atoms with Gasteiger partial charge in [-0.2, -0.15) is 0 Å². The number of nitrogens with zero attached hydrogens (tertiary/aromatic N) is 1. The summed E-state index contributed by atoms with van der Waals surface area (Å²) in [7, 11) is 0. The Balaban J connectivity index is 1.19. The Hall–Kier alpha value is -5.79. The molecule has 9 rings (SSSR count). The van der Waals surface area contributed by atoms with Gasteiger partial charge in [0.25, 0.3) is 0 Å². The van der Waals surface area contributed by atoms with Crippen LogP contribution >= 0.6 is 0 Å². The van der Waals surface area contributed by atoms with Gasteiger partial charge in [-0.3, -0.25) is 0 Å². The number of hydrogen-bond acceptors (Lipinski definition) is 1. The van der Waals surface area contributed by atoms with Gasteiger partial charge in [-0.15, -0.1) is 0 Å². The van der Waals surface area contributed by atoms with E-state index in [2.05, 4.69) is 166 Å². The molecule has 0 saturated heterocycles. The van der Waals surface area contributed by atoms with Gasteiger partial charge in [-0.1, -0.05) is 140 Å². The van der Waals surface area contributed by atoms with Gasteiger partial charge in [0.1, 0.15) is 0 Å². The first-order valence-corrected chi connectivity index (χ1v) is 16.0. The highest BCUT2D eigenvalue weighted by Crippen LogP contribution is 2.40. The molecule has 0 bridgehead atoms. The number of pyridine rings is 1. The minimum atomic E-state index is 1.01. The van der Waals surface area contributed by atoms with Crippen LogP contribution in [0.1, 0.15) is 11.1 Å². The van der Waals surface area contributed by atoms with Crippen molar-refractivity contribution in [1.82, 2.24) is 4.98 Å². The molecule has 1 heterocycles. The van der Waals surface area contributed by atoms with Crippen LogP contribution in [-0.2, 0) is 0 Å². The molecule has 0 aliphatic heterocycles. The highest BCUT2D eigenvalue weighted by molar-refractivity contribution is 6.25. The van der Waals surface area contributed by atoms with Crippen molar-refractivity contribution in [3.8, 4) is 33.5 Å². The van der Waals surface area contributed by atoms with Crippen LogP contribution in [0.3, 0.4) is 0 Å². The second kappa shape index (κ2) is 10.4. The lowest BCUT2D eigenvalue weighted by atomic mass is 9.87. The second-order valence-electron chi connectivity index (χ2n) is 12.4. The first-order chi connectivity index (χ1) is 22.7. The molecule has 0 unspecified atom stereocenters. The van der Waals surface area contributed by atoms with Crippen molar-refractivity contribution in [3.05, 3.63) is 163 Å². The summed E-state index contributed by atoms with van der Waals surface area (Å²) in [4.78, 5) is 5.23. The zero-order valence-electron chi connectivity index (χ0n) is 25.9. The normalized spacial score (nSPS) is 11.7. The standard InChI is InChI=1S/C45H31N/c1-28-33(32-23-25-42-40-15-6-5-13-38(40)39-14-7-8-16-41(39)43(42)27-32)17-9-18-34(28)35-19-10-20-36(29(35)2)44-26-24-31-22-21-30-11-3-4-12-37(30)45(31)46-44/h3-27H,1-2H3. The summed E-state index contributed by atoms with van der Waals surface area (Å²) in [5, 5.41) is 11.4. The third-order valence-corrected chi connectivity index (χ3v) is 9.87. The first-order valence-electron chi connectivity index (χ1n) is 16.0. The van der Waals surface area contributed by atoms with E-state index in [1.54, 1.807) is 0 Å². The number of rotatable bonds is 3. The molecular weight excluding hydrogens is 555 g/mol. The molecule has 0 aliphatic rings. The van der Waals surface area contributed by atoms with Gasteiger partial charge >= 0.3 is 0 Å². The van der Waals surface area contributed by atoms with Crippen molar-refractivity contribution in [2.24, 2.45) is 0 Å². The number of benzene rings is 8. The summed E-state index contributed by atoms with van der Waals surface area (Å²) in [6, 6.07) is 55.2. The zero-order chi connectivity index (χ0) is 30.8. The Morgan fingerprint density at radius 3 is 1.54 bits per heavy atom. The quantitative estimate of drug-likeness (QED) is 0.188.